The summed E-state index contributed by atoms with van der Waals surface area (Å²) in [6.07, 6.45) is 5.68. The second-order valence-electron chi connectivity index (χ2n) is 9.81. The lowest BCUT2D eigenvalue weighted by molar-refractivity contribution is -0.306. The van der Waals surface area contributed by atoms with Gasteiger partial charge in [-0.25, -0.2) is 0 Å². The van der Waals surface area contributed by atoms with Crippen LogP contribution in [-0.4, -0.2) is 35.6 Å². The summed E-state index contributed by atoms with van der Waals surface area (Å²) in [5.74, 6) is 0.692. The maximum absolute atomic E-state index is 13.2. The van der Waals surface area contributed by atoms with Crippen molar-refractivity contribution in [3.8, 4) is 0 Å². The van der Waals surface area contributed by atoms with Gasteiger partial charge in [0.05, 0.1) is 0 Å². The molecule has 5 heteroatoms. The SMILES string of the molecule is CCN(CC)C(=O)[C@H]1CC[C@H]2[C@H]3CCC(=O)[C@@](C)(CCC(=O)[O-])[C@@H]3CC[C@]12C. The fourth-order valence-corrected chi connectivity index (χ4v) is 7.12. The quantitative estimate of drug-likeness (QED) is 0.699. The maximum Gasteiger partial charge on any atom is 0.226 e. The zero-order valence-electron chi connectivity index (χ0n) is 18.0. The number of carbonyl (C=O) groups is 3. The molecule has 0 aromatic heterocycles. The molecule has 158 valence electrons. The Hall–Kier alpha value is -1.39. The average Bonchev–Trinajstić information content (AvgIpc) is 3.01. The first-order valence-corrected chi connectivity index (χ1v) is 11.2. The summed E-state index contributed by atoms with van der Waals surface area (Å²) >= 11 is 0. The molecule has 0 radical (unpaired) electrons. The van der Waals surface area contributed by atoms with E-state index >= 15 is 0 Å². The normalized spacial score (nSPS) is 39.9. The molecule has 0 saturated heterocycles. The summed E-state index contributed by atoms with van der Waals surface area (Å²) in [4.78, 5) is 39.0. The summed E-state index contributed by atoms with van der Waals surface area (Å²) < 4.78 is 0. The third-order valence-electron chi connectivity index (χ3n) is 8.82. The molecule has 1 amide bonds. The van der Waals surface area contributed by atoms with Crippen LogP contribution in [0, 0.1) is 34.5 Å². The van der Waals surface area contributed by atoms with Crippen molar-refractivity contribution in [2.45, 2.75) is 79.1 Å². The molecule has 5 nitrogen and oxygen atoms in total. The highest BCUT2D eigenvalue weighted by Crippen LogP contribution is 2.64. The topological polar surface area (TPSA) is 77.5 Å². The van der Waals surface area contributed by atoms with E-state index in [-0.39, 0.29) is 29.5 Å². The average molecular weight is 391 g/mol. The largest absolute Gasteiger partial charge is 0.550 e. The van der Waals surface area contributed by atoms with Crippen molar-refractivity contribution in [2.24, 2.45) is 34.5 Å². The van der Waals surface area contributed by atoms with Gasteiger partial charge in [0.15, 0.2) is 0 Å². The van der Waals surface area contributed by atoms with E-state index in [1.54, 1.807) is 0 Å². The van der Waals surface area contributed by atoms with Crippen molar-refractivity contribution in [1.82, 2.24) is 4.90 Å². The van der Waals surface area contributed by atoms with Gasteiger partial charge >= 0.3 is 0 Å². The second-order valence-corrected chi connectivity index (χ2v) is 9.81. The van der Waals surface area contributed by atoms with Gasteiger partial charge in [0.25, 0.3) is 0 Å². The standard InChI is InChI=1S/C23H37NO4/c1-5-24(6-2)21(28)18-9-8-16-15-7-10-19(25)23(4,14-12-20(26)27)17(15)11-13-22(16,18)3/h15-18H,5-14H2,1-4H3,(H,26,27)/p-1/t15-,16+,17-,18-,22+,23+/m1/s1. The van der Waals surface area contributed by atoms with E-state index in [9.17, 15) is 19.5 Å². The highest BCUT2D eigenvalue weighted by molar-refractivity contribution is 5.86. The van der Waals surface area contributed by atoms with Crippen LogP contribution in [0.5, 0.6) is 0 Å². The van der Waals surface area contributed by atoms with Crippen LogP contribution in [-0.2, 0) is 14.4 Å². The van der Waals surface area contributed by atoms with Crippen molar-refractivity contribution >= 4 is 17.7 Å². The van der Waals surface area contributed by atoms with E-state index in [0.717, 1.165) is 45.2 Å². The van der Waals surface area contributed by atoms with Gasteiger partial charge in [0.2, 0.25) is 5.91 Å². The third kappa shape index (κ3) is 3.29. The third-order valence-corrected chi connectivity index (χ3v) is 8.82. The summed E-state index contributed by atoms with van der Waals surface area (Å²) in [5, 5.41) is 11.1. The number of amides is 1. The predicted molar refractivity (Wildman–Crippen MR) is 105 cm³/mol. The number of carbonyl (C=O) groups excluding carboxylic acids is 3. The van der Waals surface area contributed by atoms with Crippen LogP contribution in [0.2, 0.25) is 0 Å². The number of carboxylic acid groups (broad SMARTS) is 1. The Morgan fingerprint density at radius 1 is 1.07 bits per heavy atom. The molecule has 0 aliphatic heterocycles. The predicted octanol–water partition coefficient (Wildman–Crippen LogP) is 2.81. The van der Waals surface area contributed by atoms with Gasteiger partial charge in [-0.15, -0.1) is 0 Å². The number of aliphatic carboxylic acids is 1. The minimum absolute atomic E-state index is 0.0104. The zero-order chi connectivity index (χ0) is 20.7. The number of Topliss-reactive ketones (excluding diaryl/α,β-unsaturated/α-hetero) is 1. The number of hydrogen-bond donors (Lipinski definition) is 0. The summed E-state index contributed by atoms with van der Waals surface area (Å²) in [5.41, 5.74) is -0.540. The smallest absolute Gasteiger partial charge is 0.226 e. The number of ketones is 1. The Labute approximate surface area is 169 Å². The number of nitrogens with zero attached hydrogens (tertiary/aromatic N) is 1. The van der Waals surface area contributed by atoms with E-state index < -0.39 is 11.4 Å². The minimum atomic E-state index is -1.07. The summed E-state index contributed by atoms with van der Waals surface area (Å²) in [6, 6.07) is 0. The van der Waals surface area contributed by atoms with Crippen molar-refractivity contribution in [3.05, 3.63) is 0 Å². The van der Waals surface area contributed by atoms with Crippen molar-refractivity contribution < 1.29 is 19.5 Å². The van der Waals surface area contributed by atoms with Gasteiger partial charge in [0.1, 0.15) is 5.78 Å². The molecule has 28 heavy (non-hydrogen) atoms. The number of rotatable bonds is 6. The molecule has 0 heterocycles. The number of hydrogen-bond acceptors (Lipinski definition) is 4. The molecular formula is C23H36NO4-. The fraction of sp³-hybridized carbons (Fsp3) is 0.870. The first-order valence-electron chi connectivity index (χ1n) is 11.2. The van der Waals surface area contributed by atoms with Crippen molar-refractivity contribution in [2.75, 3.05) is 13.1 Å². The maximum atomic E-state index is 13.2. The van der Waals surface area contributed by atoms with Gasteiger partial charge in [-0.2, -0.15) is 0 Å². The molecule has 0 aromatic carbocycles. The lowest BCUT2D eigenvalue weighted by Gasteiger charge is -2.55. The highest BCUT2D eigenvalue weighted by Gasteiger charge is 2.60. The molecule has 3 rings (SSSR count). The highest BCUT2D eigenvalue weighted by atomic mass is 16.4. The van der Waals surface area contributed by atoms with Crippen molar-refractivity contribution in [3.63, 3.8) is 0 Å². The number of fused-ring (bicyclic) bond motifs is 3. The van der Waals surface area contributed by atoms with E-state index in [2.05, 4.69) is 6.92 Å². The summed E-state index contributed by atoms with van der Waals surface area (Å²) in [6.45, 7) is 9.90. The molecule has 0 aromatic rings. The zero-order valence-corrected chi connectivity index (χ0v) is 18.0. The van der Waals surface area contributed by atoms with E-state index in [0.29, 0.717) is 30.6 Å². The molecule has 3 aliphatic rings. The Morgan fingerprint density at radius 2 is 1.75 bits per heavy atom. The molecule has 0 unspecified atom stereocenters. The van der Waals surface area contributed by atoms with E-state index in [4.69, 9.17) is 0 Å². The van der Waals surface area contributed by atoms with Crippen molar-refractivity contribution in [1.29, 1.82) is 0 Å². The molecule has 0 bridgehead atoms. The van der Waals surface area contributed by atoms with Gasteiger partial charge in [-0.3, -0.25) is 9.59 Å². The van der Waals surface area contributed by atoms with Crippen LogP contribution in [0.1, 0.15) is 79.1 Å². The van der Waals surface area contributed by atoms with Gasteiger partial charge in [-0.05, 0) is 82.0 Å². The van der Waals surface area contributed by atoms with Crippen LogP contribution in [0.3, 0.4) is 0 Å². The molecule has 0 spiro atoms. The van der Waals surface area contributed by atoms with E-state index in [1.165, 1.54) is 0 Å². The molecule has 6 atom stereocenters. The Bertz CT molecular complexity index is 643. The monoisotopic (exact) mass is 390 g/mol. The first-order chi connectivity index (χ1) is 13.2. The Kier molecular flexibility index (Phi) is 5.94. The second kappa shape index (κ2) is 7.79. The molecule has 3 saturated carbocycles. The first kappa shape index (κ1) is 21.3. The van der Waals surface area contributed by atoms with Crippen LogP contribution >= 0.6 is 0 Å². The molecule has 3 aliphatic carbocycles. The van der Waals surface area contributed by atoms with Gasteiger partial charge in [-0.1, -0.05) is 13.8 Å². The number of carboxylic acids is 1. The lowest BCUT2D eigenvalue weighted by Crippen LogP contribution is -2.53. The lowest BCUT2D eigenvalue weighted by atomic mass is 9.48. The fourth-order valence-electron chi connectivity index (χ4n) is 7.12. The van der Waals surface area contributed by atoms with Crippen LogP contribution in [0.25, 0.3) is 0 Å². The van der Waals surface area contributed by atoms with Crippen LogP contribution in [0.4, 0.5) is 0 Å². The van der Waals surface area contributed by atoms with Crippen LogP contribution < -0.4 is 5.11 Å². The van der Waals surface area contributed by atoms with Gasteiger partial charge < -0.3 is 14.8 Å². The molecule has 0 N–H and O–H groups in total. The Balaban J connectivity index is 1.84. The van der Waals surface area contributed by atoms with E-state index in [1.807, 2.05) is 25.7 Å². The molecule has 3 fully saturated rings. The summed E-state index contributed by atoms with van der Waals surface area (Å²) in [7, 11) is 0. The Morgan fingerprint density at radius 3 is 2.36 bits per heavy atom. The minimum Gasteiger partial charge on any atom is -0.550 e. The molecular weight excluding hydrogens is 354 g/mol. The van der Waals surface area contributed by atoms with Gasteiger partial charge in [0, 0.05) is 36.8 Å². The van der Waals surface area contributed by atoms with Crippen LogP contribution in [0.15, 0.2) is 0 Å².